The summed E-state index contributed by atoms with van der Waals surface area (Å²) in [5.41, 5.74) is 2.04. The number of nitro groups is 1. The van der Waals surface area contributed by atoms with Gasteiger partial charge in [0.15, 0.2) is 5.82 Å². The van der Waals surface area contributed by atoms with Gasteiger partial charge in [0.25, 0.3) is 5.69 Å². The lowest BCUT2D eigenvalue weighted by Crippen LogP contribution is -2.09. The number of nitrogen functional groups attached to an aromatic ring is 1. The number of hydrogen-bond acceptors (Lipinski definition) is 6. The van der Waals surface area contributed by atoms with E-state index in [-0.39, 0.29) is 17.4 Å². The smallest absolute Gasteiger partial charge is 0.278 e. The van der Waals surface area contributed by atoms with Crippen LogP contribution in [0.25, 0.3) is 0 Å². The minimum atomic E-state index is -0.572. The molecule has 1 aromatic carbocycles. The van der Waals surface area contributed by atoms with Gasteiger partial charge in [-0.15, -0.1) is 0 Å². The Balaban J connectivity index is 2.39. The Hall–Kier alpha value is -1.90. The second-order valence-electron chi connectivity index (χ2n) is 3.63. The summed E-state index contributed by atoms with van der Waals surface area (Å²) in [6.45, 7) is 0. The maximum atomic E-state index is 10.8. The Morgan fingerprint density at radius 1 is 1.40 bits per heavy atom. The molecule has 0 bridgehead atoms. The molecular weight excluding hydrogens is 352 g/mol. The number of halogens is 2. The van der Waals surface area contributed by atoms with Crippen molar-refractivity contribution in [2.75, 3.05) is 5.43 Å². The van der Waals surface area contributed by atoms with Crippen LogP contribution in [-0.4, -0.2) is 9.91 Å². The Morgan fingerprint density at radius 3 is 2.80 bits per heavy atom. The molecule has 0 amide bonds. The van der Waals surface area contributed by atoms with Crippen molar-refractivity contribution in [3.05, 3.63) is 49.9 Å². The minimum Gasteiger partial charge on any atom is -0.437 e. The van der Waals surface area contributed by atoms with Crippen LogP contribution in [0, 0.1) is 10.1 Å². The van der Waals surface area contributed by atoms with Gasteiger partial charge in [0.2, 0.25) is 5.88 Å². The van der Waals surface area contributed by atoms with Crippen molar-refractivity contribution < 1.29 is 9.66 Å². The van der Waals surface area contributed by atoms with Gasteiger partial charge in [0.05, 0.1) is 22.1 Å². The molecule has 1 heterocycles. The van der Waals surface area contributed by atoms with Gasteiger partial charge < -0.3 is 10.2 Å². The number of pyridine rings is 1. The molecule has 104 valence electrons. The van der Waals surface area contributed by atoms with Crippen molar-refractivity contribution in [3.8, 4) is 11.6 Å². The molecule has 0 aliphatic carbocycles. The van der Waals surface area contributed by atoms with Gasteiger partial charge in [0.1, 0.15) is 5.75 Å². The van der Waals surface area contributed by atoms with Gasteiger partial charge in [0, 0.05) is 4.47 Å². The van der Waals surface area contributed by atoms with E-state index in [0.717, 1.165) is 4.47 Å². The van der Waals surface area contributed by atoms with Crippen molar-refractivity contribution in [1.82, 2.24) is 4.98 Å². The molecule has 0 saturated heterocycles. The quantitative estimate of drug-likeness (QED) is 0.492. The second kappa shape index (κ2) is 6.04. The van der Waals surface area contributed by atoms with Crippen LogP contribution in [0.15, 0.2) is 34.8 Å². The third-order valence-electron chi connectivity index (χ3n) is 2.25. The molecule has 0 aliphatic heterocycles. The third-order valence-corrected chi connectivity index (χ3v) is 3.06. The molecule has 0 aliphatic rings. The molecule has 2 rings (SSSR count). The first-order valence-corrected chi connectivity index (χ1v) is 6.42. The van der Waals surface area contributed by atoms with E-state index in [1.165, 1.54) is 12.1 Å². The zero-order valence-corrected chi connectivity index (χ0v) is 12.2. The van der Waals surface area contributed by atoms with E-state index in [9.17, 15) is 10.1 Å². The van der Waals surface area contributed by atoms with Crippen LogP contribution in [0.2, 0.25) is 5.02 Å². The van der Waals surface area contributed by atoms with Crippen LogP contribution in [0.4, 0.5) is 11.5 Å². The molecule has 1 aromatic heterocycles. The molecule has 0 fully saturated rings. The summed E-state index contributed by atoms with van der Waals surface area (Å²) < 4.78 is 6.20. The van der Waals surface area contributed by atoms with Gasteiger partial charge in [-0.2, -0.15) is 4.98 Å². The van der Waals surface area contributed by atoms with E-state index in [1.54, 1.807) is 18.2 Å². The van der Waals surface area contributed by atoms with Gasteiger partial charge in [-0.1, -0.05) is 27.5 Å². The molecule has 7 nitrogen and oxygen atoms in total. The number of nitrogens with two attached hydrogens (primary N) is 1. The number of hydrazine groups is 1. The standard InChI is InChI=1S/C11H8BrClN4O3/c12-6-1-2-8(13)9(3-6)20-11-5-7(17(18)19)4-10(15-11)16-14/h1-5H,14H2,(H,15,16). The predicted molar refractivity (Wildman–Crippen MR) is 77.9 cm³/mol. The van der Waals surface area contributed by atoms with Crippen LogP contribution in [-0.2, 0) is 0 Å². The van der Waals surface area contributed by atoms with E-state index in [1.807, 2.05) is 0 Å². The van der Waals surface area contributed by atoms with E-state index in [0.29, 0.717) is 10.8 Å². The number of ether oxygens (including phenoxy) is 1. The highest BCUT2D eigenvalue weighted by molar-refractivity contribution is 9.10. The van der Waals surface area contributed by atoms with Crippen LogP contribution in [0.5, 0.6) is 11.6 Å². The molecule has 0 radical (unpaired) electrons. The molecular formula is C11H8BrClN4O3. The van der Waals surface area contributed by atoms with Gasteiger partial charge >= 0.3 is 0 Å². The fraction of sp³-hybridized carbons (Fsp3) is 0. The van der Waals surface area contributed by atoms with Crippen LogP contribution in [0.3, 0.4) is 0 Å². The summed E-state index contributed by atoms with van der Waals surface area (Å²) in [5.74, 6) is 5.65. The van der Waals surface area contributed by atoms with Crippen molar-refractivity contribution >= 4 is 39.0 Å². The lowest BCUT2D eigenvalue weighted by atomic mass is 10.3. The minimum absolute atomic E-state index is 0.00662. The number of benzene rings is 1. The van der Waals surface area contributed by atoms with Crippen LogP contribution >= 0.6 is 27.5 Å². The number of rotatable bonds is 4. The van der Waals surface area contributed by atoms with Crippen molar-refractivity contribution in [3.63, 3.8) is 0 Å². The number of hydrogen-bond donors (Lipinski definition) is 2. The maximum absolute atomic E-state index is 10.8. The summed E-state index contributed by atoms with van der Waals surface area (Å²) >= 11 is 9.25. The summed E-state index contributed by atoms with van der Waals surface area (Å²) in [7, 11) is 0. The fourth-order valence-electron chi connectivity index (χ4n) is 1.39. The Labute approximate surface area is 127 Å². The zero-order valence-electron chi connectivity index (χ0n) is 9.84. The number of aromatic nitrogens is 1. The first-order valence-electron chi connectivity index (χ1n) is 5.25. The molecule has 2 aromatic rings. The second-order valence-corrected chi connectivity index (χ2v) is 4.95. The first-order chi connectivity index (χ1) is 9.49. The van der Waals surface area contributed by atoms with Gasteiger partial charge in [-0.05, 0) is 18.2 Å². The number of nitrogens with one attached hydrogen (secondary N) is 1. The molecule has 0 spiro atoms. The van der Waals surface area contributed by atoms with Crippen LogP contribution < -0.4 is 16.0 Å². The highest BCUT2D eigenvalue weighted by Gasteiger charge is 2.13. The lowest BCUT2D eigenvalue weighted by molar-refractivity contribution is -0.384. The van der Waals surface area contributed by atoms with Crippen LogP contribution in [0.1, 0.15) is 0 Å². The highest BCUT2D eigenvalue weighted by Crippen LogP contribution is 2.33. The van der Waals surface area contributed by atoms with Gasteiger partial charge in [-0.25, -0.2) is 5.84 Å². The monoisotopic (exact) mass is 358 g/mol. The fourth-order valence-corrected chi connectivity index (χ4v) is 1.89. The van der Waals surface area contributed by atoms with E-state index in [4.69, 9.17) is 22.2 Å². The summed E-state index contributed by atoms with van der Waals surface area (Å²) in [6.07, 6.45) is 0. The largest absolute Gasteiger partial charge is 0.437 e. The normalized spacial score (nSPS) is 10.2. The molecule has 20 heavy (non-hydrogen) atoms. The van der Waals surface area contributed by atoms with Crippen molar-refractivity contribution in [1.29, 1.82) is 0 Å². The Morgan fingerprint density at radius 2 is 2.15 bits per heavy atom. The maximum Gasteiger partial charge on any atom is 0.278 e. The molecule has 9 heteroatoms. The number of anilines is 1. The Bertz CT molecular complexity index is 668. The highest BCUT2D eigenvalue weighted by atomic mass is 79.9. The lowest BCUT2D eigenvalue weighted by Gasteiger charge is -2.08. The molecule has 3 N–H and O–H groups in total. The molecule has 0 saturated carbocycles. The summed E-state index contributed by atoms with van der Waals surface area (Å²) in [5, 5.41) is 11.2. The van der Waals surface area contributed by atoms with Crippen molar-refractivity contribution in [2.24, 2.45) is 5.84 Å². The van der Waals surface area contributed by atoms with Crippen molar-refractivity contribution in [2.45, 2.75) is 0 Å². The summed E-state index contributed by atoms with van der Waals surface area (Å²) in [6, 6.07) is 7.36. The van der Waals surface area contributed by atoms with E-state index >= 15 is 0 Å². The molecule has 0 atom stereocenters. The Kier molecular flexibility index (Phi) is 4.38. The van der Waals surface area contributed by atoms with E-state index < -0.39 is 4.92 Å². The zero-order chi connectivity index (χ0) is 14.7. The predicted octanol–water partition coefficient (Wildman–Crippen LogP) is 3.48. The molecule has 0 unspecified atom stereocenters. The summed E-state index contributed by atoms with van der Waals surface area (Å²) in [4.78, 5) is 14.2. The third kappa shape index (κ3) is 3.35. The topological polar surface area (TPSA) is 103 Å². The van der Waals surface area contributed by atoms with Gasteiger partial charge in [-0.3, -0.25) is 10.1 Å². The number of nitrogens with zero attached hydrogens (tertiary/aromatic N) is 2. The first kappa shape index (κ1) is 14.5. The SMILES string of the molecule is NNc1cc([N+](=O)[O-])cc(Oc2cc(Br)ccc2Cl)n1. The average molecular weight is 360 g/mol. The van der Waals surface area contributed by atoms with E-state index in [2.05, 4.69) is 26.3 Å². The average Bonchev–Trinajstić information content (AvgIpc) is 2.42.